The Bertz CT molecular complexity index is 445. The molecule has 1 N–H and O–H groups in total. The van der Waals surface area contributed by atoms with Gasteiger partial charge in [-0.15, -0.1) is 0 Å². The lowest BCUT2D eigenvalue weighted by Crippen LogP contribution is -2.29. The minimum Gasteiger partial charge on any atom is -0.481 e. The molecule has 0 saturated carbocycles. The van der Waals surface area contributed by atoms with Crippen LogP contribution >= 0.6 is 15.9 Å². The molecule has 3 nitrogen and oxygen atoms in total. The Balaban J connectivity index is 2.37. The van der Waals surface area contributed by atoms with Crippen LogP contribution in [0.5, 0.6) is 0 Å². The van der Waals surface area contributed by atoms with Gasteiger partial charge in [0.05, 0.1) is 6.42 Å². The highest BCUT2D eigenvalue weighted by atomic mass is 79.9. The molecule has 1 atom stereocenters. The van der Waals surface area contributed by atoms with Crippen molar-refractivity contribution in [1.29, 1.82) is 0 Å². The predicted molar refractivity (Wildman–Crippen MR) is 71.6 cm³/mol. The van der Waals surface area contributed by atoms with Crippen LogP contribution in [-0.4, -0.2) is 23.7 Å². The molecule has 0 amide bonds. The summed E-state index contributed by atoms with van der Waals surface area (Å²) in [6, 6.07) is 6.53. The van der Waals surface area contributed by atoms with E-state index in [2.05, 4.69) is 40.7 Å². The fourth-order valence-electron chi connectivity index (χ4n) is 2.42. The maximum absolute atomic E-state index is 10.9. The summed E-state index contributed by atoms with van der Waals surface area (Å²) in [6.07, 6.45) is 0.201. The number of hydrogen-bond donors (Lipinski definition) is 1. The topological polar surface area (TPSA) is 40.5 Å². The van der Waals surface area contributed by atoms with Crippen LogP contribution in [0.4, 0.5) is 5.69 Å². The normalized spacial score (nSPS) is 18.6. The van der Waals surface area contributed by atoms with Gasteiger partial charge in [0, 0.05) is 28.7 Å². The number of carbonyl (C=O) groups is 1. The largest absolute Gasteiger partial charge is 0.481 e. The van der Waals surface area contributed by atoms with Crippen molar-refractivity contribution in [2.75, 3.05) is 11.4 Å². The lowest BCUT2D eigenvalue weighted by atomic mass is 9.98. The van der Waals surface area contributed by atoms with Crippen LogP contribution in [-0.2, 0) is 4.79 Å². The molecule has 0 aromatic heterocycles. The zero-order valence-electron chi connectivity index (χ0n) is 9.98. The number of carboxylic acids is 1. The first-order chi connectivity index (χ1) is 7.99. The summed E-state index contributed by atoms with van der Waals surface area (Å²) in [5.74, 6) is -0.631. The Hall–Kier alpha value is -1.03. The van der Waals surface area contributed by atoms with E-state index in [1.807, 2.05) is 12.1 Å². The van der Waals surface area contributed by atoms with E-state index in [1.165, 1.54) is 5.69 Å². The Morgan fingerprint density at radius 2 is 2.29 bits per heavy atom. The monoisotopic (exact) mass is 297 g/mol. The molecule has 1 aromatic carbocycles. The van der Waals surface area contributed by atoms with E-state index >= 15 is 0 Å². The summed E-state index contributed by atoms with van der Waals surface area (Å²) in [5, 5.41) is 8.96. The molecule has 17 heavy (non-hydrogen) atoms. The van der Waals surface area contributed by atoms with Crippen LogP contribution in [0, 0.1) is 0 Å². The predicted octanol–water partition coefficient (Wildman–Crippen LogP) is 3.24. The SMILES string of the molecule is CC(C)N1CC(CC(=O)O)c2cc(Br)ccc21. The number of nitrogens with zero attached hydrogens (tertiary/aromatic N) is 1. The van der Waals surface area contributed by atoms with Gasteiger partial charge in [-0.05, 0) is 37.6 Å². The average Bonchev–Trinajstić information content (AvgIpc) is 2.56. The van der Waals surface area contributed by atoms with Crippen molar-refractivity contribution in [3.8, 4) is 0 Å². The molecule has 0 radical (unpaired) electrons. The van der Waals surface area contributed by atoms with Crippen molar-refractivity contribution in [3.63, 3.8) is 0 Å². The Labute approximate surface area is 110 Å². The number of halogens is 1. The number of aliphatic carboxylic acids is 1. The highest BCUT2D eigenvalue weighted by Gasteiger charge is 2.31. The van der Waals surface area contributed by atoms with E-state index in [-0.39, 0.29) is 12.3 Å². The molecule has 0 bridgehead atoms. The van der Waals surface area contributed by atoms with Gasteiger partial charge in [0.1, 0.15) is 0 Å². The summed E-state index contributed by atoms with van der Waals surface area (Å²) in [6.45, 7) is 5.07. The Morgan fingerprint density at radius 3 is 2.88 bits per heavy atom. The molecule has 1 aliphatic rings. The van der Waals surface area contributed by atoms with Crippen molar-refractivity contribution >= 4 is 27.6 Å². The second-order valence-electron chi connectivity index (χ2n) is 4.74. The second-order valence-corrected chi connectivity index (χ2v) is 5.66. The number of rotatable bonds is 3. The molecule has 1 heterocycles. The van der Waals surface area contributed by atoms with Crippen molar-refractivity contribution in [2.45, 2.75) is 32.2 Å². The van der Waals surface area contributed by atoms with Gasteiger partial charge in [-0.1, -0.05) is 15.9 Å². The molecule has 4 heteroatoms. The smallest absolute Gasteiger partial charge is 0.304 e. The van der Waals surface area contributed by atoms with E-state index in [4.69, 9.17) is 5.11 Å². The van der Waals surface area contributed by atoms with Crippen LogP contribution < -0.4 is 4.90 Å². The van der Waals surface area contributed by atoms with Crippen LogP contribution in [0.25, 0.3) is 0 Å². The molecular formula is C13H16BrNO2. The van der Waals surface area contributed by atoms with Gasteiger partial charge in [0.2, 0.25) is 0 Å². The highest BCUT2D eigenvalue weighted by molar-refractivity contribution is 9.10. The first-order valence-corrected chi connectivity index (χ1v) is 6.56. The third-order valence-electron chi connectivity index (χ3n) is 3.20. The van der Waals surface area contributed by atoms with Gasteiger partial charge in [-0.25, -0.2) is 0 Å². The molecule has 0 aliphatic carbocycles. The van der Waals surface area contributed by atoms with E-state index in [9.17, 15) is 4.79 Å². The molecule has 0 saturated heterocycles. The maximum atomic E-state index is 10.9. The summed E-state index contributed by atoms with van der Waals surface area (Å²) in [5.41, 5.74) is 2.32. The minimum absolute atomic E-state index is 0.0994. The van der Waals surface area contributed by atoms with Gasteiger partial charge in [0.15, 0.2) is 0 Å². The lowest BCUT2D eigenvalue weighted by molar-refractivity contribution is -0.137. The van der Waals surface area contributed by atoms with Crippen LogP contribution in [0.2, 0.25) is 0 Å². The summed E-state index contributed by atoms with van der Waals surface area (Å²) in [4.78, 5) is 13.2. The number of anilines is 1. The van der Waals surface area contributed by atoms with Gasteiger partial charge >= 0.3 is 5.97 Å². The number of carboxylic acid groups (broad SMARTS) is 1. The first kappa shape index (κ1) is 12.4. The average molecular weight is 298 g/mol. The molecular weight excluding hydrogens is 282 g/mol. The fourth-order valence-corrected chi connectivity index (χ4v) is 2.80. The third-order valence-corrected chi connectivity index (χ3v) is 3.69. The van der Waals surface area contributed by atoms with Crippen molar-refractivity contribution < 1.29 is 9.90 Å². The van der Waals surface area contributed by atoms with E-state index in [0.29, 0.717) is 6.04 Å². The maximum Gasteiger partial charge on any atom is 0.304 e. The van der Waals surface area contributed by atoms with Crippen LogP contribution in [0.1, 0.15) is 31.7 Å². The van der Waals surface area contributed by atoms with Gasteiger partial charge < -0.3 is 10.0 Å². The van der Waals surface area contributed by atoms with Crippen molar-refractivity contribution in [1.82, 2.24) is 0 Å². The van der Waals surface area contributed by atoms with Gasteiger partial charge in [-0.3, -0.25) is 4.79 Å². The van der Waals surface area contributed by atoms with Crippen LogP contribution in [0.15, 0.2) is 22.7 Å². The second kappa shape index (κ2) is 4.69. The summed E-state index contributed by atoms with van der Waals surface area (Å²) in [7, 11) is 0. The molecule has 1 aliphatic heterocycles. The third kappa shape index (κ3) is 2.46. The van der Waals surface area contributed by atoms with Crippen molar-refractivity contribution in [3.05, 3.63) is 28.2 Å². The Kier molecular flexibility index (Phi) is 3.43. The first-order valence-electron chi connectivity index (χ1n) is 5.77. The quantitative estimate of drug-likeness (QED) is 0.931. The highest BCUT2D eigenvalue weighted by Crippen LogP contribution is 2.40. The Morgan fingerprint density at radius 1 is 1.59 bits per heavy atom. The van der Waals surface area contributed by atoms with Gasteiger partial charge in [0.25, 0.3) is 0 Å². The molecule has 2 rings (SSSR count). The lowest BCUT2D eigenvalue weighted by Gasteiger charge is -2.24. The molecule has 1 aromatic rings. The minimum atomic E-state index is -0.730. The van der Waals surface area contributed by atoms with Gasteiger partial charge in [-0.2, -0.15) is 0 Å². The fraction of sp³-hybridized carbons (Fsp3) is 0.462. The summed E-state index contributed by atoms with van der Waals surface area (Å²) >= 11 is 3.45. The standard InChI is InChI=1S/C13H16BrNO2/c1-8(2)15-7-9(5-13(16)17)11-6-10(14)3-4-12(11)15/h3-4,6,8-9H,5,7H2,1-2H3,(H,16,17). The molecule has 92 valence electrons. The van der Waals surface area contributed by atoms with E-state index in [1.54, 1.807) is 0 Å². The zero-order valence-corrected chi connectivity index (χ0v) is 11.6. The number of hydrogen-bond acceptors (Lipinski definition) is 2. The summed E-state index contributed by atoms with van der Waals surface area (Å²) < 4.78 is 1.01. The number of benzene rings is 1. The van der Waals surface area contributed by atoms with E-state index < -0.39 is 5.97 Å². The zero-order chi connectivity index (χ0) is 12.6. The number of fused-ring (bicyclic) bond motifs is 1. The van der Waals surface area contributed by atoms with E-state index in [0.717, 1.165) is 16.6 Å². The molecule has 1 unspecified atom stereocenters. The van der Waals surface area contributed by atoms with Crippen molar-refractivity contribution in [2.24, 2.45) is 0 Å². The molecule has 0 spiro atoms. The van der Waals surface area contributed by atoms with Crippen LogP contribution in [0.3, 0.4) is 0 Å². The molecule has 0 fully saturated rings.